The number of likely N-dealkylation sites (tertiary alicyclic amines) is 1. The molecule has 1 fully saturated rings. The standard InChI is InChI=1S/C18H24N4O4S2/c1-21(2)28(25,26)20-11-16(23)22-9-5-6-12(22)10-14-13-7-3-4-8-15(13)27-17(14)18(19)24/h3-4,7-8,12,20H,5-6,9-11H2,1-2H3,(H2,19,24). The Bertz CT molecular complexity index is 1000. The van der Waals surface area contributed by atoms with Crippen LogP contribution in [0.4, 0.5) is 0 Å². The molecule has 0 bridgehead atoms. The number of hydrogen-bond acceptors (Lipinski definition) is 5. The van der Waals surface area contributed by atoms with Gasteiger partial charge in [0, 0.05) is 31.4 Å². The van der Waals surface area contributed by atoms with Gasteiger partial charge in [0.15, 0.2) is 0 Å². The van der Waals surface area contributed by atoms with Crippen molar-refractivity contribution in [2.45, 2.75) is 25.3 Å². The summed E-state index contributed by atoms with van der Waals surface area (Å²) in [4.78, 5) is 26.8. The van der Waals surface area contributed by atoms with Crippen LogP contribution in [0.2, 0.25) is 0 Å². The van der Waals surface area contributed by atoms with Gasteiger partial charge >= 0.3 is 0 Å². The number of fused-ring (bicyclic) bond motifs is 1. The molecule has 28 heavy (non-hydrogen) atoms. The molecule has 1 atom stereocenters. The number of carbonyl (C=O) groups excluding carboxylic acids is 2. The highest BCUT2D eigenvalue weighted by Gasteiger charge is 2.31. The highest BCUT2D eigenvalue weighted by Crippen LogP contribution is 2.34. The van der Waals surface area contributed by atoms with Crippen LogP contribution in [-0.4, -0.2) is 62.7 Å². The molecule has 152 valence electrons. The van der Waals surface area contributed by atoms with E-state index in [0.717, 1.165) is 32.8 Å². The first kappa shape index (κ1) is 20.7. The third-order valence-electron chi connectivity index (χ3n) is 4.95. The summed E-state index contributed by atoms with van der Waals surface area (Å²) < 4.78 is 28.0. The minimum absolute atomic E-state index is 0.0903. The van der Waals surface area contributed by atoms with Gasteiger partial charge in [0.25, 0.3) is 16.1 Å². The fraction of sp³-hybridized carbons (Fsp3) is 0.444. The Hall–Kier alpha value is -2.01. The Morgan fingerprint density at radius 1 is 1.32 bits per heavy atom. The molecule has 1 aliphatic heterocycles. The molecule has 1 aliphatic rings. The molecule has 1 aromatic heterocycles. The first-order valence-electron chi connectivity index (χ1n) is 8.97. The van der Waals surface area contributed by atoms with Crippen LogP contribution in [0, 0.1) is 0 Å². The van der Waals surface area contributed by atoms with Gasteiger partial charge < -0.3 is 10.6 Å². The molecule has 10 heteroatoms. The molecule has 3 rings (SSSR count). The molecule has 1 unspecified atom stereocenters. The van der Waals surface area contributed by atoms with Gasteiger partial charge in [-0.2, -0.15) is 17.4 Å². The molecular weight excluding hydrogens is 400 g/mol. The van der Waals surface area contributed by atoms with Crippen molar-refractivity contribution >= 4 is 43.4 Å². The summed E-state index contributed by atoms with van der Waals surface area (Å²) in [6, 6.07) is 7.64. The number of hydrogen-bond donors (Lipinski definition) is 2. The van der Waals surface area contributed by atoms with Gasteiger partial charge in [0.1, 0.15) is 0 Å². The number of thiophene rings is 1. The van der Waals surface area contributed by atoms with Gasteiger partial charge in [-0.1, -0.05) is 18.2 Å². The van der Waals surface area contributed by atoms with Crippen LogP contribution in [0.15, 0.2) is 24.3 Å². The third kappa shape index (κ3) is 4.19. The number of carbonyl (C=O) groups is 2. The molecule has 2 heterocycles. The largest absolute Gasteiger partial charge is 0.365 e. The molecule has 8 nitrogen and oxygen atoms in total. The van der Waals surface area contributed by atoms with E-state index in [4.69, 9.17) is 5.73 Å². The van der Waals surface area contributed by atoms with E-state index < -0.39 is 16.1 Å². The molecule has 1 aromatic carbocycles. The van der Waals surface area contributed by atoms with Gasteiger partial charge in [-0.15, -0.1) is 11.3 Å². The Morgan fingerprint density at radius 2 is 2.04 bits per heavy atom. The monoisotopic (exact) mass is 424 g/mol. The maximum absolute atomic E-state index is 12.6. The second-order valence-corrected chi connectivity index (χ2v) is 9.99. The van der Waals surface area contributed by atoms with Gasteiger partial charge in [-0.3, -0.25) is 9.59 Å². The average molecular weight is 425 g/mol. The maximum atomic E-state index is 12.6. The highest BCUT2D eigenvalue weighted by molar-refractivity contribution is 7.87. The SMILES string of the molecule is CN(C)S(=O)(=O)NCC(=O)N1CCCC1Cc1c(C(N)=O)sc2ccccc12. The van der Waals surface area contributed by atoms with E-state index in [1.54, 1.807) is 4.90 Å². The molecular formula is C18H24N4O4S2. The lowest BCUT2D eigenvalue weighted by Gasteiger charge is -2.25. The van der Waals surface area contributed by atoms with Gasteiger partial charge in [0.2, 0.25) is 5.91 Å². The van der Waals surface area contributed by atoms with Gasteiger partial charge in [-0.25, -0.2) is 0 Å². The second kappa shape index (κ2) is 8.16. The number of primary amides is 1. The van der Waals surface area contributed by atoms with Crippen LogP contribution in [-0.2, 0) is 21.4 Å². The predicted molar refractivity (Wildman–Crippen MR) is 109 cm³/mol. The molecule has 0 spiro atoms. The van der Waals surface area contributed by atoms with E-state index >= 15 is 0 Å². The van der Waals surface area contributed by atoms with Crippen LogP contribution in [0.3, 0.4) is 0 Å². The summed E-state index contributed by atoms with van der Waals surface area (Å²) in [6.07, 6.45) is 2.16. The first-order chi connectivity index (χ1) is 13.2. The van der Waals surface area contributed by atoms with E-state index in [1.807, 2.05) is 24.3 Å². The number of nitrogens with two attached hydrogens (primary N) is 1. The minimum Gasteiger partial charge on any atom is -0.365 e. The zero-order valence-corrected chi connectivity index (χ0v) is 17.5. The molecule has 0 radical (unpaired) electrons. The van der Waals surface area contributed by atoms with Crippen LogP contribution in [0.1, 0.15) is 28.1 Å². The lowest BCUT2D eigenvalue weighted by molar-refractivity contribution is -0.130. The molecule has 0 saturated carbocycles. The van der Waals surface area contributed by atoms with E-state index in [1.165, 1.54) is 25.4 Å². The number of rotatable bonds is 7. The van der Waals surface area contributed by atoms with Crippen molar-refractivity contribution in [3.05, 3.63) is 34.7 Å². The Kier molecular flexibility index (Phi) is 6.04. The molecule has 0 aliphatic carbocycles. The van der Waals surface area contributed by atoms with Gasteiger partial charge in [-0.05, 0) is 36.3 Å². The molecule has 2 amide bonds. The number of benzene rings is 1. The second-order valence-electron chi connectivity index (χ2n) is 6.97. The van der Waals surface area contributed by atoms with Crippen LogP contribution < -0.4 is 10.5 Å². The third-order valence-corrected chi connectivity index (χ3v) is 7.64. The maximum Gasteiger partial charge on any atom is 0.279 e. The van der Waals surface area contributed by atoms with Crippen LogP contribution in [0.25, 0.3) is 10.1 Å². The molecule has 3 N–H and O–H groups in total. The topological polar surface area (TPSA) is 113 Å². The van der Waals surface area contributed by atoms with E-state index in [0.29, 0.717) is 17.8 Å². The van der Waals surface area contributed by atoms with E-state index in [2.05, 4.69) is 4.72 Å². The number of amides is 2. The summed E-state index contributed by atoms with van der Waals surface area (Å²) >= 11 is 1.37. The van der Waals surface area contributed by atoms with Crippen molar-refractivity contribution in [3.8, 4) is 0 Å². The number of nitrogens with zero attached hydrogens (tertiary/aromatic N) is 2. The minimum atomic E-state index is -3.66. The smallest absolute Gasteiger partial charge is 0.279 e. The quantitative estimate of drug-likeness (QED) is 0.688. The molecule has 1 saturated heterocycles. The van der Waals surface area contributed by atoms with Crippen molar-refractivity contribution < 1.29 is 18.0 Å². The van der Waals surface area contributed by atoms with Crippen molar-refractivity contribution in [1.29, 1.82) is 0 Å². The number of nitrogens with one attached hydrogen (secondary N) is 1. The van der Waals surface area contributed by atoms with Crippen molar-refractivity contribution in [2.24, 2.45) is 5.73 Å². The Morgan fingerprint density at radius 3 is 2.71 bits per heavy atom. The fourth-order valence-corrected chi connectivity index (χ4v) is 5.14. The van der Waals surface area contributed by atoms with Crippen molar-refractivity contribution in [2.75, 3.05) is 27.2 Å². The summed E-state index contributed by atoms with van der Waals surface area (Å²) in [5, 5.41) is 0.980. The lowest BCUT2D eigenvalue weighted by atomic mass is 10.0. The summed E-state index contributed by atoms with van der Waals surface area (Å²) in [6.45, 7) is 0.283. The zero-order chi connectivity index (χ0) is 20.5. The fourth-order valence-electron chi connectivity index (χ4n) is 3.50. The first-order valence-corrected chi connectivity index (χ1v) is 11.2. The van der Waals surface area contributed by atoms with E-state index in [9.17, 15) is 18.0 Å². The van der Waals surface area contributed by atoms with E-state index in [-0.39, 0.29) is 18.5 Å². The van der Waals surface area contributed by atoms with Crippen molar-refractivity contribution in [1.82, 2.24) is 13.9 Å². The summed E-state index contributed by atoms with van der Waals surface area (Å²) in [5.41, 5.74) is 6.45. The summed E-state index contributed by atoms with van der Waals surface area (Å²) in [5.74, 6) is -0.737. The lowest BCUT2D eigenvalue weighted by Crippen LogP contribution is -2.45. The van der Waals surface area contributed by atoms with Crippen LogP contribution in [0.5, 0.6) is 0 Å². The normalized spacial score (nSPS) is 17.5. The van der Waals surface area contributed by atoms with Gasteiger partial charge in [0.05, 0.1) is 11.4 Å². The predicted octanol–water partition coefficient (Wildman–Crippen LogP) is 0.930. The average Bonchev–Trinajstić information content (AvgIpc) is 3.25. The highest BCUT2D eigenvalue weighted by atomic mass is 32.2. The van der Waals surface area contributed by atoms with Crippen LogP contribution >= 0.6 is 11.3 Å². The van der Waals surface area contributed by atoms with Crippen molar-refractivity contribution in [3.63, 3.8) is 0 Å². The molecule has 2 aromatic rings. The Balaban J connectivity index is 1.79. The summed E-state index contributed by atoms with van der Waals surface area (Å²) in [7, 11) is -0.858. The zero-order valence-electron chi connectivity index (χ0n) is 15.8. The Labute approximate surface area is 168 Å².